The molecule has 2 heteroatoms. The Hall–Kier alpha value is -2.35. The lowest BCUT2D eigenvalue weighted by Gasteiger charge is -2.36. The molecular weight excluding hydrogens is 258 g/mol. The zero-order valence-electron chi connectivity index (χ0n) is 11.7. The molecule has 0 unspecified atom stereocenters. The number of carbonyl (C=O) groups excluding carboxylic acids is 1. The molecule has 21 heavy (non-hydrogen) atoms. The van der Waals surface area contributed by atoms with Crippen molar-refractivity contribution >= 4 is 11.5 Å². The fraction of sp³-hybridized carbons (Fsp3) is 0.211. The molecule has 1 heterocycles. The lowest BCUT2D eigenvalue weighted by Crippen LogP contribution is -2.41. The number of para-hydroxylation sites is 1. The first-order valence-electron chi connectivity index (χ1n) is 7.46. The number of rotatable bonds is 2. The molecule has 0 saturated heterocycles. The van der Waals surface area contributed by atoms with Crippen LogP contribution in [0.4, 0.5) is 5.69 Å². The van der Waals surface area contributed by atoms with Crippen molar-refractivity contribution in [3.8, 4) is 0 Å². The van der Waals surface area contributed by atoms with Gasteiger partial charge in [-0.05, 0) is 18.1 Å². The zero-order chi connectivity index (χ0) is 14.2. The van der Waals surface area contributed by atoms with Gasteiger partial charge in [-0.2, -0.15) is 0 Å². The molecule has 0 fully saturated rings. The van der Waals surface area contributed by atoms with Crippen molar-refractivity contribution in [1.29, 1.82) is 0 Å². The zero-order valence-corrected chi connectivity index (χ0v) is 11.7. The highest BCUT2D eigenvalue weighted by atomic mass is 16.1. The summed E-state index contributed by atoms with van der Waals surface area (Å²) < 4.78 is 0. The van der Waals surface area contributed by atoms with Crippen LogP contribution in [0.25, 0.3) is 0 Å². The third kappa shape index (κ3) is 1.99. The molecule has 1 N–H and O–H groups in total. The second kappa shape index (κ2) is 4.88. The molecule has 0 spiro atoms. The first-order chi connectivity index (χ1) is 10.3. The Morgan fingerprint density at radius 2 is 1.76 bits per heavy atom. The van der Waals surface area contributed by atoms with Crippen LogP contribution in [-0.4, -0.2) is 11.8 Å². The Morgan fingerprint density at radius 3 is 2.62 bits per heavy atom. The topological polar surface area (TPSA) is 29.1 Å². The number of hydrogen-bond donors (Lipinski definition) is 1. The van der Waals surface area contributed by atoms with Crippen molar-refractivity contribution < 1.29 is 4.79 Å². The van der Waals surface area contributed by atoms with E-state index >= 15 is 0 Å². The monoisotopic (exact) mass is 275 g/mol. The number of fused-ring (bicyclic) bond motifs is 3. The number of hydrogen-bond acceptors (Lipinski definition) is 2. The quantitative estimate of drug-likeness (QED) is 0.662. The van der Waals surface area contributed by atoms with Gasteiger partial charge in [0, 0.05) is 23.1 Å². The van der Waals surface area contributed by atoms with Crippen molar-refractivity contribution in [1.82, 2.24) is 0 Å². The molecule has 0 radical (unpaired) electrons. The van der Waals surface area contributed by atoms with Crippen molar-refractivity contribution in [2.45, 2.75) is 18.4 Å². The number of ketones is 1. The van der Waals surface area contributed by atoms with Gasteiger partial charge in [0.25, 0.3) is 0 Å². The van der Waals surface area contributed by atoms with Crippen LogP contribution in [0, 0.1) is 5.92 Å². The SMILES string of the molecule is O=C(c1ccccc1)[C@@H]1Nc2ccccc2[C@@H]2C=CC[C@H]12. The van der Waals surface area contributed by atoms with Crippen LogP contribution in [0.15, 0.2) is 66.7 Å². The molecule has 2 nitrogen and oxygen atoms in total. The summed E-state index contributed by atoms with van der Waals surface area (Å²) in [7, 11) is 0. The average Bonchev–Trinajstić information content (AvgIpc) is 3.04. The molecule has 0 amide bonds. The number of benzene rings is 2. The van der Waals surface area contributed by atoms with E-state index in [9.17, 15) is 4.79 Å². The number of nitrogens with one attached hydrogen (secondary N) is 1. The molecule has 104 valence electrons. The Labute approximate surface area is 124 Å². The minimum atomic E-state index is -0.137. The molecule has 3 atom stereocenters. The molecule has 1 aliphatic carbocycles. The predicted octanol–water partition coefficient (Wildman–Crippen LogP) is 4.02. The summed E-state index contributed by atoms with van der Waals surface area (Å²) in [5.74, 6) is 0.886. The number of carbonyl (C=O) groups is 1. The lowest BCUT2D eigenvalue weighted by molar-refractivity contribution is 0.0938. The van der Waals surface area contributed by atoms with E-state index in [-0.39, 0.29) is 11.8 Å². The standard InChI is InChI=1S/C19H17NO/c21-19(13-7-2-1-3-8-13)18-16-11-6-10-14(16)15-9-4-5-12-17(15)20-18/h1-10,12,14,16,18,20H,11H2/t14-,16-,18+/m0/s1. The van der Waals surface area contributed by atoms with Crippen molar-refractivity contribution in [2.24, 2.45) is 5.92 Å². The summed E-state index contributed by atoms with van der Waals surface area (Å²) in [6.07, 6.45) is 5.44. The highest BCUT2D eigenvalue weighted by Gasteiger charge is 2.40. The first kappa shape index (κ1) is 12.4. The van der Waals surface area contributed by atoms with E-state index in [4.69, 9.17) is 0 Å². The lowest BCUT2D eigenvalue weighted by atomic mass is 9.77. The second-order valence-electron chi connectivity index (χ2n) is 5.79. The molecule has 2 aliphatic rings. The molecule has 1 aliphatic heterocycles. The molecule has 0 saturated carbocycles. The van der Waals surface area contributed by atoms with Gasteiger partial charge in [-0.15, -0.1) is 0 Å². The smallest absolute Gasteiger partial charge is 0.185 e. The molecular formula is C19H17NO. The highest BCUT2D eigenvalue weighted by molar-refractivity contribution is 6.02. The summed E-state index contributed by atoms with van der Waals surface area (Å²) in [6.45, 7) is 0. The third-order valence-electron chi connectivity index (χ3n) is 4.61. The van der Waals surface area contributed by atoms with Crippen LogP contribution >= 0.6 is 0 Å². The molecule has 2 aromatic rings. The van der Waals surface area contributed by atoms with Gasteiger partial charge in [0.1, 0.15) is 0 Å². The normalized spacial score (nSPS) is 25.8. The molecule has 2 aromatic carbocycles. The van der Waals surface area contributed by atoms with E-state index in [1.807, 2.05) is 36.4 Å². The average molecular weight is 275 g/mol. The van der Waals surface area contributed by atoms with Gasteiger partial charge in [0.2, 0.25) is 0 Å². The number of anilines is 1. The van der Waals surface area contributed by atoms with Crippen LogP contribution in [0.2, 0.25) is 0 Å². The third-order valence-corrected chi connectivity index (χ3v) is 4.61. The van der Waals surface area contributed by atoms with Gasteiger partial charge in [-0.25, -0.2) is 0 Å². The van der Waals surface area contributed by atoms with Gasteiger partial charge in [0.05, 0.1) is 6.04 Å². The van der Waals surface area contributed by atoms with E-state index in [1.165, 1.54) is 5.56 Å². The molecule has 0 aromatic heterocycles. The maximum atomic E-state index is 12.9. The van der Waals surface area contributed by atoms with Gasteiger partial charge < -0.3 is 5.32 Å². The van der Waals surface area contributed by atoms with E-state index in [1.54, 1.807) is 0 Å². The fourth-order valence-electron chi connectivity index (χ4n) is 3.59. The molecule has 4 rings (SSSR count). The summed E-state index contributed by atoms with van der Waals surface area (Å²) in [5.41, 5.74) is 3.20. The molecule has 0 bridgehead atoms. The van der Waals surface area contributed by atoms with Crippen LogP contribution in [0.3, 0.4) is 0 Å². The number of Topliss-reactive ketones (excluding diaryl/α,β-unsaturated/α-hetero) is 1. The van der Waals surface area contributed by atoms with Crippen molar-refractivity contribution in [3.05, 3.63) is 77.9 Å². The summed E-state index contributed by atoms with van der Waals surface area (Å²) in [4.78, 5) is 12.9. The Balaban J connectivity index is 1.73. The van der Waals surface area contributed by atoms with E-state index < -0.39 is 0 Å². The van der Waals surface area contributed by atoms with Crippen molar-refractivity contribution in [3.63, 3.8) is 0 Å². The second-order valence-corrected chi connectivity index (χ2v) is 5.79. The minimum Gasteiger partial charge on any atom is -0.374 e. The first-order valence-corrected chi connectivity index (χ1v) is 7.46. The summed E-state index contributed by atoms with van der Waals surface area (Å²) >= 11 is 0. The van der Waals surface area contributed by atoms with E-state index in [2.05, 4.69) is 35.7 Å². The number of allylic oxidation sites excluding steroid dienone is 2. The van der Waals surface area contributed by atoms with E-state index in [0.29, 0.717) is 11.8 Å². The Bertz CT molecular complexity index is 705. The fourth-order valence-corrected chi connectivity index (χ4v) is 3.59. The van der Waals surface area contributed by atoms with Crippen molar-refractivity contribution in [2.75, 3.05) is 5.32 Å². The van der Waals surface area contributed by atoms with Gasteiger partial charge >= 0.3 is 0 Å². The van der Waals surface area contributed by atoms with Gasteiger partial charge in [0.15, 0.2) is 5.78 Å². The Kier molecular flexibility index (Phi) is 2.88. The Morgan fingerprint density at radius 1 is 1.00 bits per heavy atom. The minimum absolute atomic E-state index is 0.137. The summed E-state index contributed by atoms with van der Waals surface area (Å²) in [6, 6.07) is 17.8. The largest absolute Gasteiger partial charge is 0.374 e. The predicted molar refractivity (Wildman–Crippen MR) is 84.6 cm³/mol. The van der Waals surface area contributed by atoms with Crippen LogP contribution in [0.5, 0.6) is 0 Å². The van der Waals surface area contributed by atoms with E-state index in [0.717, 1.165) is 17.7 Å². The van der Waals surface area contributed by atoms with Crippen LogP contribution < -0.4 is 5.32 Å². The maximum Gasteiger partial charge on any atom is 0.185 e. The maximum absolute atomic E-state index is 12.9. The highest BCUT2D eigenvalue weighted by Crippen LogP contribution is 2.44. The van der Waals surface area contributed by atoms with Crippen LogP contribution in [-0.2, 0) is 0 Å². The van der Waals surface area contributed by atoms with Gasteiger partial charge in [-0.3, -0.25) is 4.79 Å². The van der Waals surface area contributed by atoms with Crippen LogP contribution in [0.1, 0.15) is 28.3 Å². The summed E-state index contributed by atoms with van der Waals surface area (Å²) in [5, 5.41) is 3.48. The van der Waals surface area contributed by atoms with Gasteiger partial charge in [-0.1, -0.05) is 60.7 Å².